The molecule has 1 aromatic rings. The first-order valence-corrected chi connectivity index (χ1v) is 4.04. The number of carbonyl (C=O) groups is 1. The van der Waals surface area contributed by atoms with Crippen molar-refractivity contribution in [1.82, 2.24) is 0 Å². The molecular weight excluding hydrogens is 208 g/mol. The Kier molecular flexibility index (Phi) is 3.21. The minimum Gasteiger partial charge on any atom is -0.507 e. The SMILES string of the molecule is N[C@@H](CF)c1cc(F)cc(C(=O)O)c1O. The Morgan fingerprint density at radius 1 is 1.53 bits per heavy atom. The van der Waals surface area contributed by atoms with Gasteiger partial charge >= 0.3 is 5.97 Å². The maximum Gasteiger partial charge on any atom is 0.339 e. The predicted octanol–water partition coefficient (Wildman–Crippen LogP) is 1.20. The molecule has 1 rings (SSSR count). The van der Waals surface area contributed by atoms with Gasteiger partial charge in [-0.2, -0.15) is 0 Å². The maximum atomic E-state index is 12.9. The number of hydrogen-bond acceptors (Lipinski definition) is 3. The number of alkyl halides is 1. The first kappa shape index (κ1) is 11.4. The van der Waals surface area contributed by atoms with Crippen LogP contribution in [0.2, 0.25) is 0 Å². The zero-order valence-electron chi connectivity index (χ0n) is 7.58. The molecular formula is C9H9F2NO3. The average Bonchev–Trinajstić information content (AvgIpc) is 2.19. The molecule has 4 nitrogen and oxygen atoms in total. The van der Waals surface area contributed by atoms with Gasteiger partial charge in [0.2, 0.25) is 0 Å². The molecule has 6 heteroatoms. The molecule has 82 valence electrons. The summed E-state index contributed by atoms with van der Waals surface area (Å²) in [4.78, 5) is 10.6. The third-order valence-corrected chi connectivity index (χ3v) is 1.90. The van der Waals surface area contributed by atoms with Gasteiger partial charge in [-0.3, -0.25) is 0 Å². The highest BCUT2D eigenvalue weighted by Gasteiger charge is 2.19. The van der Waals surface area contributed by atoms with E-state index >= 15 is 0 Å². The van der Waals surface area contributed by atoms with Gasteiger partial charge in [0.15, 0.2) is 0 Å². The van der Waals surface area contributed by atoms with Gasteiger partial charge < -0.3 is 15.9 Å². The highest BCUT2D eigenvalue weighted by Crippen LogP contribution is 2.28. The molecule has 15 heavy (non-hydrogen) atoms. The highest BCUT2D eigenvalue weighted by molar-refractivity contribution is 5.91. The molecule has 0 saturated carbocycles. The fourth-order valence-electron chi connectivity index (χ4n) is 1.15. The summed E-state index contributed by atoms with van der Waals surface area (Å²) in [5, 5.41) is 18.0. The van der Waals surface area contributed by atoms with E-state index in [1.54, 1.807) is 0 Å². The molecule has 0 radical (unpaired) electrons. The number of aromatic carboxylic acids is 1. The molecule has 0 spiro atoms. The van der Waals surface area contributed by atoms with Crippen molar-refractivity contribution in [3.05, 3.63) is 29.1 Å². The summed E-state index contributed by atoms with van der Waals surface area (Å²) >= 11 is 0. The van der Waals surface area contributed by atoms with Gasteiger partial charge in [0.1, 0.15) is 23.8 Å². The topological polar surface area (TPSA) is 83.6 Å². The molecule has 0 saturated heterocycles. The van der Waals surface area contributed by atoms with Crippen LogP contribution in [0.5, 0.6) is 5.75 Å². The number of carboxylic acid groups (broad SMARTS) is 1. The van der Waals surface area contributed by atoms with Gasteiger partial charge in [-0.05, 0) is 12.1 Å². The van der Waals surface area contributed by atoms with Gasteiger partial charge in [0, 0.05) is 5.56 Å². The van der Waals surface area contributed by atoms with E-state index in [0.717, 1.165) is 6.07 Å². The van der Waals surface area contributed by atoms with Gasteiger partial charge in [0.05, 0.1) is 6.04 Å². The third-order valence-electron chi connectivity index (χ3n) is 1.90. The Morgan fingerprint density at radius 2 is 2.13 bits per heavy atom. The van der Waals surface area contributed by atoms with Crippen LogP contribution in [0, 0.1) is 5.82 Å². The normalized spacial score (nSPS) is 12.5. The fraction of sp³-hybridized carbons (Fsp3) is 0.222. The van der Waals surface area contributed by atoms with Crippen molar-refractivity contribution >= 4 is 5.97 Å². The molecule has 0 heterocycles. The molecule has 0 amide bonds. The van der Waals surface area contributed by atoms with Crippen LogP contribution >= 0.6 is 0 Å². The van der Waals surface area contributed by atoms with E-state index in [0.29, 0.717) is 6.07 Å². The van der Waals surface area contributed by atoms with Crippen molar-refractivity contribution in [3.63, 3.8) is 0 Å². The Labute approximate surface area is 83.9 Å². The van der Waals surface area contributed by atoms with Crippen molar-refractivity contribution in [2.45, 2.75) is 6.04 Å². The van der Waals surface area contributed by atoms with Gasteiger partial charge in [-0.1, -0.05) is 0 Å². The molecule has 0 aliphatic carbocycles. The van der Waals surface area contributed by atoms with Gasteiger partial charge in [-0.25, -0.2) is 13.6 Å². The second-order valence-corrected chi connectivity index (χ2v) is 2.96. The van der Waals surface area contributed by atoms with E-state index in [1.807, 2.05) is 0 Å². The van der Waals surface area contributed by atoms with E-state index in [4.69, 9.17) is 10.8 Å². The van der Waals surface area contributed by atoms with Crippen LogP contribution in [0.25, 0.3) is 0 Å². The van der Waals surface area contributed by atoms with Crippen molar-refractivity contribution in [3.8, 4) is 5.75 Å². The van der Waals surface area contributed by atoms with Crippen molar-refractivity contribution < 1.29 is 23.8 Å². The Hall–Kier alpha value is -1.69. The molecule has 0 aliphatic heterocycles. The molecule has 4 N–H and O–H groups in total. The van der Waals surface area contributed by atoms with Crippen molar-refractivity contribution in [2.75, 3.05) is 6.67 Å². The Bertz CT molecular complexity index is 395. The molecule has 0 fully saturated rings. The number of rotatable bonds is 3. The molecule has 1 aromatic carbocycles. The Morgan fingerprint density at radius 3 is 2.60 bits per heavy atom. The summed E-state index contributed by atoms with van der Waals surface area (Å²) in [5.74, 6) is -3.09. The minimum absolute atomic E-state index is 0.255. The molecule has 1 atom stereocenters. The number of aromatic hydroxyl groups is 1. The van der Waals surface area contributed by atoms with Crippen LogP contribution in [-0.2, 0) is 0 Å². The molecule has 0 unspecified atom stereocenters. The largest absolute Gasteiger partial charge is 0.507 e. The predicted molar refractivity (Wildman–Crippen MR) is 47.9 cm³/mol. The van der Waals surface area contributed by atoms with Crippen LogP contribution in [0.3, 0.4) is 0 Å². The smallest absolute Gasteiger partial charge is 0.339 e. The quantitative estimate of drug-likeness (QED) is 0.710. The van der Waals surface area contributed by atoms with E-state index in [2.05, 4.69) is 0 Å². The summed E-state index contributed by atoms with van der Waals surface area (Å²) in [6, 6.07) is 0.219. The highest BCUT2D eigenvalue weighted by atomic mass is 19.1. The summed E-state index contributed by atoms with van der Waals surface area (Å²) < 4.78 is 25.1. The molecule has 0 aromatic heterocycles. The first-order chi connectivity index (χ1) is 6.97. The van der Waals surface area contributed by atoms with E-state index in [1.165, 1.54) is 0 Å². The summed E-state index contributed by atoms with van der Waals surface area (Å²) in [7, 11) is 0. The molecule has 0 aliphatic rings. The van der Waals surface area contributed by atoms with Crippen LogP contribution < -0.4 is 5.73 Å². The first-order valence-electron chi connectivity index (χ1n) is 4.04. The van der Waals surface area contributed by atoms with E-state index in [9.17, 15) is 18.7 Å². The third kappa shape index (κ3) is 2.21. The lowest BCUT2D eigenvalue weighted by Gasteiger charge is -2.11. The summed E-state index contributed by atoms with van der Waals surface area (Å²) in [6.07, 6.45) is 0. The summed E-state index contributed by atoms with van der Waals surface area (Å²) in [5.41, 5.74) is 4.35. The van der Waals surface area contributed by atoms with Crippen LogP contribution in [-0.4, -0.2) is 22.9 Å². The second kappa shape index (κ2) is 4.22. The fourth-order valence-corrected chi connectivity index (χ4v) is 1.15. The number of halogens is 2. The second-order valence-electron chi connectivity index (χ2n) is 2.96. The zero-order valence-corrected chi connectivity index (χ0v) is 7.58. The maximum absolute atomic E-state index is 12.9. The van der Waals surface area contributed by atoms with Crippen molar-refractivity contribution in [2.24, 2.45) is 5.73 Å². The standard InChI is InChI=1S/C9H9F2NO3/c10-3-7(12)5-1-4(11)2-6(8(5)13)9(14)15/h1-2,7,13H,3,12H2,(H,14,15)/t7-/m0/s1. The average molecular weight is 217 g/mol. The molecule has 0 bridgehead atoms. The number of phenols is 1. The van der Waals surface area contributed by atoms with Gasteiger partial charge in [-0.15, -0.1) is 0 Å². The number of hydrogen-bond donors (Lipinski definition) is 3. The number of carboxylic acids is 1. The monoisotopic (exact) mass is 217 g/mol. The Balaban J connectivity index is 3.34. The van der Waals surface area contributed by atoms with E-state index in [-0.39, 0.29) is 5.56 Å². The number of nitrogens with two attached hydrogens (primary N) is 1. The lowest BCUT2D eigenvalue weighted by molar-refractivity contribution is 0.0693. The van der Waals surface area contributed by atoms with Crippen molar-refractivity contribution in [1.29, 1.82) is 0 Å². The minimum atomic E-state index is -1.50. The van der Waals surface area contributed by atoms with Crippen LogP contribution in [0.15, 0.2) is 12.1 Å². The number of benzene rings is 1. The lowest BCUT2D eigenvalue weighted by Crippen LogP contribution is -2.14. The van der Waals surface area contributed by atoms with Gasteiger partial charge in [0.25, 0.3) is 0 Å². The van der Waals surface area contributed by atoms with Crippen LogP contribution in [0.1, 0.15) is 22.0 Å². The lowest BCUT2D eigenvalue weighted by atomic mass is 10.0. The van der Waals surface area contributed by atoms with E-state index < -0.39 is 35.8 Å². The van der Waals surface area contributed by atoms with Crippen LogP contribution in [0.4, 0.5) is 8.78 Å². The zero-order chi connectivity index (χ0) is 11.6. The summed E-state index contributed by atoms with van der Waals surface area (Å²) in [6.45, 7) is -1.02.